The molecule has 0 aliphatic heterocycles. The summed E-state index contributed by atoms with van der Waals surface area (Å²) in [6.45, 7) is 0.389. The Labute approximate surface area is 124 Å². The van der Waals surface area contributed by atoms with Crippen molar-refractivity contribution in [2.75, 3.05) is 17.8 Å². The SMILES string of the molecule is NCCNS(=O)(=O)Nc1ccccc1Oc1ccccc1. The van der Waals surface area contributed by atoms with Gasteiger partial charge in [0.2, 0.25) is 0 Å². The number of benzene rings is 2. The lowest BCUT2D eigenvalue weighted by Crippen LogP contribution is -2.34. The number of ether oxygens (including phenoxy) is 1. The van der Waals surface area contributed by atoms with Crippen molar-refractivity contribution in [2.24, 2.45) is 5.73 Å². The summed E-state index contributed by atoms with van der Waals surface area (Å²) in [5, 5.41) is 0. The molecule has 2 aromatic rings. The minimum Gasteiger partial charge on any atom is -0.455 e. The Kier molecular flexibility index (Phi) is 5.15. The lowest BCUT2D eigenvalue weighted by atomic mass is 10.3. The largest absolute Gasteiger partial charge is 0.455 e. The highest BCUT2D eigenvalue weighted by Gasteiger charge is 2.12. The van der Waals surface area contributed by atoms with Gasteiger partial charge in [0.25, 0.3) is 10.2 Å². The van der Waals surface area contributed by atoms with Crippen LogP contribution < -0.4 is 19.9 Å². The minimum atomic E-state index is -3.67. The van der Waals surface area contributed by atoms with Crippen LogP contribution in [0, 0.1) is 0 Å². The van der Waals surface area contributed by atoms with E-state index >= 15 is 0 Å². The van der Waals surface area contributed by atoms with Gasteiger partial charge < -0.3 is 10.5 Å². The molecule has 0 heterocycles. The number of para-hydroxylation sites is 3. The summed E-state index contributed by atoms with van der Waals surface area (Å²) in [5.74, 6) is 1.04. The van der Waals surface area contributed by atoms with Gasteiger partial charge in [-0.25, -0.2) is 0 Å². The number of anilines is 1. The summed E-state index contributed by atoms with van der Waals surface area (Å²) in [6, 6.07) is 15.9. The number of hydrogen-bond donors (Lipinski definition) is 3. The zero-order valence-electron chi connectivity index (χ0n) is 11.3. The zero-order valence-corrected chi connectivity index (χ0v) is 12.1. The Bertz CT molecular complexity index is 675. The molecular formula is C14H17N3O3S. The van der Waals surface area contributed by atoms with Crippen LogP contribution in [0.4, 0.5) is 5.69 Å². The Morgan fingerprint density at radius 1 is 1.00 bits per heavy atom. The summed E-state index contributed by atoms with van der Waals surface area (Å²) in [5.41, 5.74) is 5.63. The van der Waals surface area contributed by atoms with Crippen LogP contribution in [0.15, 0.2) is 54.6 Å². The number of nitrogens with one attached hydrogen (secondary N) is 2. The molecule has 0 atom stereocenters. The van der Waals surface area contributed by atoms with Gasteiger partial charge in [0.05, 0.1) is 5.69 Å². The van der Waals surface area contributed by atoms with Crippen LogP contribution in [0.3, 0.4) is 0 Å². The monoisotopic (exact) mass is 307 g/mol. The molecule has 0 bridgehead atoms. The molecular weight excluding hydrogens is 290 g/mol. The number of hydrogen-bond acceptors (Lipinski definition) is 4. The molecule has 0 aromatic heterocycles. The highest BCUT2D eigenvalue weighted by Crippen LogP contribution is 2.29. The Morgan fingerprint density at radius 2 is 1.67 bits per heavy atom. The first-order valence-electron chi connectivity index (χ1n) is 6.40. The van der Waals surface area contributed by atoms with Crippen LogP contribution in [0.1, 0.15) is 0 Å². The van der Waals surface area contributed by atoms with Crippen molar-refractivity contribution in [2.45, 2.75) is 0 Å². The van der Waals surface area contributed by atoms with E-state index in [0.717, 1.165) is 0 Å². The lowest BCUT2D eigenvalue weighted by molar-refractivity contribution is 0.484. The second kappa shape index (κ2) is 7.07. The van der Waals surface area contributed by atoms with Crippen molar-refractivity contribution in [3.63, 3.8) is 0 Å². The molecule has 0 fully saturated rings. The Hall–Kier alpha value is -2.09. The normalized spacial score (nSPS) is 11.1. The van der Waals surface area contributed by atoms with Crippen LogP contribution >= 0.6 is 0 Å². The standard InChI is InChI=1S/C14H17N3O3S/c15-10-11-16-21(18,19)17-13-8-4-5-9-14(13)20-12-6-2-1-3-7-12/h1-9,16-17H,10-11,15H2. The zero-order chi connectivity index (χ0) is 15.1. The predicted octanol–water partition coefficient (Wildman–Crippen LogP) is 1.68. The van der Waals surface area contributed by atoms with Gasteiger partial charge >= 0.3 is 0 Å². The highest BCUT2D eigenvalue weighted by atomic mass is 32.2. The Balaban J connectivity index is 2.17. The average molecular weight is 307 g/mol. The van der Waals surface area contributed by atoms with Crippen molar-refractivity contribution in [3.05, 3.63) is 54.6 Å². The van der Waals surface area contributed by atoms with Crippen molar-refractivity contribution in [1.29, 1.82) is 0 Å². The second-order valence-electron chi connectivity index (χ2n) is 4.20. The first-order chi connectivity index (χ1) is 10.1. The molecule has 4 N–H and O–H groups in total. The van der Waals surface area contributed by atoms with Gasteiger partial charge in [-0.05, 0) is 24.3 Å². The van der Waals surface area contributed by atoms with Gasteiger partial charge in [0.15, 0.2) is 5.75 Å². The van der Waals surface area contributed by atoms with E-state index in [4.69, 9.17) is 10.5 Å². The molecule has 0 saturated heterocycles. The maximum absolute atomic E-state index is 11.8. The van der Waals surface area contributed by atoms with Gasteiger partial charge in [0, 0.05) is 13.1 Å². The lowest BCUT2D eigenvalue weighted by Gasteiger charge is -2.13. The Morgan fingerprint density at radius 3 is 2.38 bits per heavy atom. The molecule has 0 saturated carbocycles. The van der Waals surface area contributed by atoms with Crippen molar-refractivity contribution >= 4 is 15.9 Å². The minimum absolute atomic E-state index is 0.164. The van der Waals surface area contributed by atoms with Crippen molar-refractivity contribution < 1.29 is 13.2 Å². The number of rotatable bonds is 7. The fourth-order valence-corrected chi connectivity index (χ4v) is 2.55. The van der Waals surface area contributed by atoms with E-state index < -0.39 is 10.2 Å². The third kappa shape index (κ3) is 4.75. The third-order valence-electron chi connectivity index (χ3n) is 2.54. The molecule has 0 amide bonds. The summed E-state index contributed by atoms with van der Waals surface area (Å²) in [4.78, 5) is 0. The molecule has 0 aliphatic carbocycles. The quantitative estimate of drug-likeness (QED) is 0.725. The topological polar surface area (TPSA) is 93.5 Å². The highest BCUT2D eigenvalue weighted by molar-refractivity contribution is 7.90. The van der Waals surface area contributed by atoms with E-state index in [0.29, 0.717) is 17.2 Å². The van der Waals surface area contributed by atoms with Gasteiger partial charge in [0.1, 0.15) is 5.75 Å². The van der Waals surface area contributed by atoms with E-state index in [1.807, 2.05) is 18.2 Å². The molecule has 0 radical (unpaired) electrons. The smallest absolute Gasteiger partial charge is 0.299 e. The summed E-state index contributed by atoms with van der Waals surface area (Å²) in [6.07, 6.45) is 0. The maximum Gasteiger partial charge on any atom is 0.299 e. The molecule has 7 heteroatoms. The van der Waals surface area contributed by atoms with Gasteiger partial charge in [-0.15, -0.1) is 0 Å². The first kappa shape index (κ1) is 15.3. The number of nitrogens with two attached hydrogens (primary N) is 1. The fourth-order valence-electron chi connectivity index (χ4n) is 1.63. The van der Waals surface area contributed by atoms with E-state index in [1.54, 1.807) is 36.4 Å². The molecule has 112 valence electrons. The van der Waals surface area contributed by atoms with Gasteiger partial charge in [-0.2, -0.15) is 13.1 Å². The van der Waals surface area contributed by atoms with Crippen LogP contribution in [-0.4, -0.2) is 21.5 Å². The predicted molar refractivity (Wildman–Crippen MR) is 82.6 cm³/mol. The van der Waals surface area contributed by atoms with Crippen molar-refractivity contribution in [1.82, 2.24) is 4.72 Å². The molecule has 2 rings (SSSR count). The van der Waals surface area contributed by atoms with E-state index in [-0.39, 0.29) is 13.1 Å². The van der Waals surface area contributed by atoms with Crippen LogP contribution in [0.25, 0.3) is 0 Å². The average Bonchev–Trinajstić information content (AvgIpc) is 2.48. The van der Waals surface area contributed by atoms with Gasteiger partial charge in [-0.1, -0.05) is 30.3 Å². The molecule has 0 unspecified atom stereocenters. The molecule has 21 heavy (non-hydrogen) atoms. The van der Waals surface area contributed by atoms with Gasteiger partial charge in [-0.3, -0.25) is 4.72 Å². The molecule has 2 aromatic carbocycles. The summed E-state index contributed by atoms with van der Waals surface area (Å²) >= 11 is 0. The first-order valence-corrected chi connectivity index (χ1v) is 7.88. The fraction of sp³-hybridized carbons (Fsp3) is 0.143. The van der Waals surface area contributed by atoms with E-state index in [9.17, 15) is 8.42 Å². The van der Waals surface area contributed by atoms with Crippen molar-refractivity contribution in [3.8, 4) is 11.5 Å². The van der Waals surface area contributed by atoms with Crippen LogP contribution in [0.5, 0.6) is 11.5 Å². The van der Waals surface area contributed by atoms with E-state index in [2.05, 4.69) is 9.44 Å². The van der Waals surface area contributed by atoms with Crippen LogP contribution in [0.2, 0.25) is 0 Å². The third-order valence-corrected chi connectivity index (χ3v) is 3.61. The summed E-state index contributed by atoms with van der Waals surface area (Å²) < 4.78 is 34.1. The van der Waals surface area contributed by atoms with E-state index in [1.165, 1.54) is 0 Å². The second-order valence-corrected chi connectivity index (χ2v) is 5.70. The molecule has 0 aliphatic rings. The summed E-state index contributed by atoms with van der Waals surface area (Å²) in [7, 11) is -3.67. The molecule has 6 nitrogen and oxygen atoms in total. The van der Waals surface area contributed by atoms with Crippen LogP contribution in [-0.2, 0) is 10.2 Å². The maximum atomic E-state index is 11.8. The molecule has 0 spiro atoms.